The van der Waals surface area contributed by atoms with Crippen molar-refractivity contribution >= 4 is 17.5 Å². The molecule has 0 spiro atoms. The van der Waals surface area contributed by atoms with Crippen LogP contribution in [0.3, 0.4) is 0 Å². The number of anilines is 1. The molecule has 27 heavy (non-hydrogen) atoms. The highest BCUT2D eigenvalue weighted by Crippen LogP contribution is 2.42. The molecule has 6 nitrogen and oxygen atoms in total. The van der Waals surface area contributed by atoms with Crippen LogP contribution in [0.15, 0.2) is 35.9 Å². The first-order chi connectivity index (χ1) is 12.9. The Morgan fingerprint density at radius 3 is 2.48 bits per heavy atom. The first-order valence-corrected chi connectivity index (χ1v) is 8.62. The summed E-state index contributed by atoms with van der Waals surface area (Å²) in [6.07, 6.45) is 1.85. The van der Waals surface area contributed by atoms with Crippen LogP contribution in [0.5, 0.6) is 23.0 Å². The van der Waals surface area contributed by atoms with E-state index in [1.165, 1.54) is 0 Å². The Labute approximate surface area is 158 Å². The van der Waals surface area contributed by atoms with E-state index in [1.807, 2.05) is 32.1 Å². The van der Waals surface area contributed by atoms with Crippen molar-refractivity contribution < 1.29 is 23.7 Å². The average Bonchev–Trinajstić information content (AvgIpc) is 3.13. The molecule has 1 aliphatic heterocycles. The third kappa shape index (κ3) is 3.69. The highest BCUT2D eigenvalue weighted by molar-refractivity contribution is 6.12. The summed E-state index contributed by atoms with van der Waals surface area (Å²) in [5.41, 5.74) is 8.35. The second-order valence-corrected chi connectivity index (χ2v) is 6.50. The lowest BCUT2D eigenvalue weighted by Gasteiger charge is -2.13. The molecule has 2 aromatic carbocycles. The predicted molar refractivity (Wildman–Crippen MR) is 104 cm³/mol. The highest BCUT2D eigenvalue weighted by atomic mass is 16.7. The largest absolute Gasteiger partial charge is 0.495 e. The van der Waals surface area contributed by atoms with Crippen LogP contribution in [0.2, 0.25) is 0 Å². The zero-order valence-electron chi connectivity index (χ0n) is 15.9. The fourth-order valence-corrected chi connectivity index (χ4v) is 2.95. The van der Waals surface area contributed by atoms with E-state index in [-0.39, 0.29) is 18.5 Å². The van der Waals surface area contributed by atoms with E-state index in [4.69, 9.17) is 24.7 Å². The molecule has 0 amide bonds. The first kappa shape index (κ1) is 18.6. The number of hydrogen-bond donors (Lipinski definition) is 1. The molecule has 0 unspecified atom stereocenters. The van der Waals surface area contributed by atoms with Crippen molar-refractivity contribution in [3.05, 3.63) is 47.0 Å². The predicted octanol–water partition coefficient (Wildman–Crippen LogP) is 3.94. The van der Waals surface area contributed by atoms with E-state index in [0.29, 0.717) is 39.8 Å². The van der Waals surface area contributed by atoms with Gasteiger partial charge >= 0.3 is 0 Å². The van der Waals surface area contributed by atoms with Crippen LogP contribution in [0.1, 0.15) is 29.8 Å². The van der Waals surface area contributed by atoms with Crippen molar-refractivity contribution in [1.82, 2.24) is 0 Å². The molecular weight excluding hydrogens is 346 g/mol. The Morgan fingerprint density at radius 1 is 1.11 bits per heavy atom. The Kier molecular flexibility index (Phi) is 5.26. The minimum atomic E-state index is -0.0870. The number of nitrogen functional groups attached to an aromatic ring is 1. The summed E-state index contributed by atoms with van der Waals surface area (Å²) in [5, 5.41) is 0. The van der Waals surface area contributed by atoms with Crippen LogP contribution >= 0.6 is 0 Å². The summed E-state index contributed by atoms with van der Waals surface area (Å²) < 4.78 is 21.4. The molecule has 0 aromatic heterocycles. The maximum Gasteiger partial charge on any atom is 0.231 e. The topological polar surface area (TPSA) is 80.0 Å². The average molecular weight is 369 g/mol. The molecule has 0 saturated carbocycles. The number of Topliss-reactive ketones (excluding diaryl/α,β-unsaturated/α-hetero) is 1. The van der Waals surface area contributed by atoms with E-state index in [1.54, 1.807) is 32.4 Å². The van der Waals surface area contributed by atoms with Crippen molar-refractivity contribution in [3.63, 3.8) is 0 Å². The minimum Gasteiger partial charge on any atom is -0.495 e. The van der Waals surface area contributed by atoms with Gasteiger partial charge in [-0.25, -0.2) is 0 Å². The third-order valence-corrected chi connectivity index (χ3v) is 4.38. The van der Waals surface area contributed by atoms with E-state index in [2.05, 4.69) is 0 Å². The monoisotopic (exact) mass is 369 g/mol. The standard InChI is InChI=1S/C21H23NO5/c1-12(2)15(20(23)14-5-6-17(24-3)16(22)10-14)7-13-8-18(25-4)21-19(9-13)26-11-27-21/h5-10,12H,11,22H2,1-4H3/b15-7+. The molecule has 142 valence electrons. The number of carbonyl (C=O) groups is 1. The Bertz CT molecular complexity index is 902. The summed E-state index contributed by atoms with van der Waals surface area (Å²) in [6.45, 7) is 4.10. The van der Waals surface area contributed by atoms with Crippen LogP contribution in [0.4, 0.5) is 5.69 Å². The van der Waals surface area contributed by atoms with Crippen molar-refractivity contribution in [2.45, 2.75) is 13.8 Å². The Balaban J connectivity index is 2.01. The number of rotatable bonds is 6. The molecule has 6 heteroatoms. The molecule has 0 atom stereocenters. The zero-order chi connectivity index (χ0) is 19.6. The smallest absolute Gasteiger partial charge is 0.231 e. The van der Waals surface area contributed by atoms with Gasteiger partial charge in [0.05, 0.1) is 19.9 Å². The lowest BCUT2D eigenvalue weighted by molar-refractivity contribution is 0.102. The van der Waals surface area contributed by atoms with Gasteiger partial charge in [0.25, 0.3) is 0 Å². The zero-order valence-corrected chi connectivity index (χ0v) is 15.9. The van der Waals surface area contributed by atoms with Gasteiger partial charge in [-0.3, -0.25) is 4.79 Å². The SMILES string of the molecule is COc1ccc(C(=O)/C(=C/c2cc(OC)c3c(c2)OCO3)C(C)C)cc1N. The number of fused-ring (bicyclic) bond motifs is 1. The number of carbonyl (C=O) groups excluding carboxylic acids is 1. The van der Waals surface area contributed by atoms with Gasteiger partial charge in [0.1, 0.15) is 5.75 Å². The van der Waals surface area contributed by atoms with Gasteiger partial charge in [0, 0.05) is 11.1 Å². The molecule has 0 radical (unpaired) electrons. The fourth-order valence-electron chi connectivity index (χ4n) is 2.95. The number of ether oxygens (including phenoxy) is 4. The Morgan fingerprint density at radius 2 is 1.85 bits per heavy atom. The minimum absolute atomic E-state index is 0.0113. The molecule has 0 aliphatic carbocycles. The normalized spacial score (nSPS) is 13.0. The molecule has 2 aromatic rings. The van der Waals surface area contributed by atoms with Crippen LogP contribution < -0.4 is 24.7 Å². The number of benzene rings is 2. The Hall–Kier alpha value is -3.15. The lowest BCUT2D eigenvalue weighted by atomic mass is 9.92. The number of ketones is 1. The van der Waals surface area contributed by atoms with Crippen LogP contribution in [0.25, 0.3) is 6.08 Å². The lowest BCUT2D eigenvalue weighted by Crippen LogP contribution is -2.09. The van der Waals surface area contributed by atoms with Gasteiger partial charge in [0.2, 0.25) is 12.5 Å². The van der Waals surface area contributed by atoms with Gasteiger partial charge in [0.15, 0.2) is 17.3 Å². The maximum atomic E-state index is 13.1. The molecule has 1 heterocycles. The molecule has 1 aliphatic rings. The summed E-state index contributed by atoms with van der Waals surface area (Å²) in [6, 6.07) is 8.71. The number of hydrogen-bond acceptors (Lipinski definition) is 6. The van der Waals surface area contributed by atoms with Crippen molar-refractivity contribution in [2.75, 3.05) is 26.7 Å². The summed E-state index contributed by atoms with van der Waals surface area (Å²) >= 11 is 0. The van der Waals surface area contributed by atoms with Crippen molar-refractivity contribution in [1.29, 1.82) is 0 Å². The molecular formula is C21H23NO5. The third-order valence-electron chi connectivity index (χ3n) is 4.38. The van der Waals surface area contributed by atoms with E-state index in [9.17, 15) is 4.79 Å². The van der Waals surface area contributed by atoms with Crippen LogP contribution in [-0.2, 0) is 0 Å². The maximum absolute atomic E-state index is 13.1. The molecule has 0 bridgehead atoms. The molecule has 0 saturated heterocycles. The van der Waals surface area contributed by atoms with Gasteiger partial charge in [-0.15, -0.1) is 0 Å². The highest BCUT2D eigenvalue weighted by Gasteiger charge is 2.21. The number of methoxy groups -OCH3 is 2. The van der Waals surface area contributed by atoms with Gasteiger partial charge in [-0.2, -0.15) is 0 Å². The quantitative estimate of drug-likeness (QED) is 0.472. The summed E-state index contributed by atoms with van der Waals surface area (Å²) in [4.78, 5) is 13.1. The fraction of sp³-hybridized carbons (Fsp3) is 0.286. The summed E-state index contributed by atoms with van der Waals surface area (Å²) in [5.74, 6) is 2.22. The second-order valence-electron chi connectivity index (χ2n) is 6.50. The van der Waals surface area contributed by atoms with Gasteiger partial charge < -0.3 is 24.7 Å². The first-order valence-electron chi connectivity index (χ1n) is 8.62. The van der Waals surface area contributed by atoms with Gasteiger partial charge in [-0.05, 0) is 47.9 Å². The van der Waals surface area contributed by atoms with Crippen LogP contribution in [-0.4, -0.2) is 26.8 Å². The van der Waals surface area contributed by atoms with Gasteiger partial charge in [-0.1, -0.05) is 13.8 Å². The van der Waals surface area contributed by atoms with E-state index < -0.39 is 0 Å². The second kappa shape index (κ2) is 7.61. The van der Waals surface area contributed by atoms with Crippen molar-refractivity contribution in [2.24, 2.45) is 5.92 Å². The molecule has 3 rings (SSSR count). The van der Waals surface area contributed by atoms with Crippen molar-refractivity contribution in [3.8, 4) is 23.0 Å². The number of allylic oxidation sites excluding steroid dienone is 1. The van der Waals surface area contributed by atoms with E-state index in [0.717, 1.165) is 5.56 Å². The summed E-state index contributed by atoms with van der Waals surface area (Å²) in [7, 11) is 3.11. The molecule has 2 N–H and O–H groups in total. The number of nitrogens with two attached hydrogens (primary N) is 1. The molecule has 0 fully saturated rings. The van der Waals surface area contributed by atoms with E-state index >= 15 is 0 Å². The van der Waals surface area contributed by atoms with Crippen LogP contribution in [0, 0.1) is 5.92 Å².